The van der Waals surface area contributed by atoms with Crippen LogP contribution in [0.4, 0.5) is 4.79 Å². The van der Waals surface area contributed by atoms with E-state index in [1.807, 2.05) is 0 Å². The highest BCUT2D eigenvalue weighted by molar-refractivity contribution is 5.87. The van der Waals surface area contributed by atoms with Gasteiger partial charge in [0.1, 0.15) is 6.04 Å². The minimum Gasteiger partial charge on any atom is -0.480 e. The summed E-state index contributed by atoms with van der Waals surface area (Å²) in [4.78, 5) is 35.2. The molecular weight excluding hydrogens is 250 g/mol. The Bertz CT molecular complexity index is 372. The van der Waals surface area contributed by atoms with E-state index in [2.05, 4.69) is 19.2 Å². The van der Waals surface area contributed by atoms with Gasteiger partial charge in [-0.25, -0.2) is 9.59 Å². The summed E-state index contributed by atoms with van der Waals surface area (Å²) in [5, 5.41) is 11.3. The standard InChI is InChI=1S/C12H21N3O4/c1-7-3-4-15(6-8(7)2)12(19)14-9(11(17)18)5-10(13)16/h7-9H,3-6H2,1-2H3,(H2,13,16)(H,14,19)(H,17,18). The quantitative estimate of drug-likeness (QED) is 0.668. The molecule has 7 heteroatoms. The zero-order valence-corrected chi connectivity index (χ0v) is 11.3. The molecule has 3 atom stereocenters. The number of hydrogen-bond acceptors (Lipinski definition) is 3. The minimum atomic E-state index is -1.26. The lowest BCUT2D eigenvalue weighted by atomic mass is 9.89. The van der Waals surface area contributed by atoms with E-state index in [-0.39, 0.29) is 0 Å². The number of primary amides is 1. The number of hydrogen-bond donors (Lipinski definition) is 3. The van der Waals surface area contributed by atoms with E-state index in [9.17, 15) is 14.4 Å². The van der Waals surface area contributed by atoms with Crippen molar-refractivity contribution >= 4 is 17.9 Å². The van der Waals surface area contributed by atoms with Crippen LogP contribution in [0.2, 0.25) is 0 Å². The Morgan fingerprint density at radius 3 is 2.47 bits per heavy atom. The van der Waals surface area contributed by atoms with Gasteiger partial charge >= 0.3 is 12.0 Å². The number of urea groups is 1. The van der Waals surface area contributed by atoms with Crippen molar-refractivity contribution in [1.29, 1.82) is 0 Å². The molecular formula is C12H21N3O4. The zero-order valence-electron chi connectivity index (χ0n) is 11.3. The number of aliphatic carboxylic acids is 1. The molecule has 3 amide bonds. The van der Waals surface area contributed by atoms with E-state index in [4.69, 9.17) is 10.8 Å². The number of nitrogens with one attached hydrogen (secondary N) is 1. The number of nitrogens with zero attached hydrogens (tertiary/aromatic N) is 1. The van der Waals surface area contributed by atoms with Crippen LogP contribution >= 0.6 is 0 Å². The first-order chi connectivity index (χ1) is 8.81. The van der Waals surface area contributed by atoms with Crippen LogP contribution in [-0.2, 0) is 9.59 Å². The van der Waals surface area contributed by atoms with Crippen molar-refractivity contribution in [3.8, 4) is 0 Å². The largest absolute Gasteiger partial charge is 0.480 e. The average Bonchev–Trinajstić information content (AvgIpc) is 2.31. The molecule has 0 aromatic heterocycles. The van der Waals surface area contributed by atoms with Gasteiger partial charge in [0.05, 0.1) is 6.42 Å². The summed E-state index contributed by atoms with van der Waals surface area (Å²) in [6, 6.07) is -1.72. The van der Waals surface area contributed by atoms with Crippen LogP contribution in [0.1, 0.15) is 26.7 Å². The fraction of sp³-hybridized carbons (Fsp3) is 0.750. The lowest BCUT2D eigenvalue weighted by molar-refractivity contribution is -0.141. The molecule has 4 N–H and O–H groups in total. The normalized spacial score (nSPS) is 24.6. The van der Waals surface area contributed by atoms with E-state index >= 15 is 0 Å². The molecule has 1 aliphatic heterocycles. The second-order valence-electron chi connectivity index (χ2n) is 5.20. The Balaban J connectivity index is 2.57. The Hall–Kier alpha value is -1.79. The second kappa shape index (κ2) is 6.40. The molecule has 7 nitrogen and oxygen atoms in total. The maximum Gasteiger partial charge on any atom is 0.326 e. The molecule has 1 heterocycles. The minimum absolute atomic E-state index is 0.374. The van der Waals surface area contributed by atoms with Crippen LogP contribution in [0.3, 0.4) is 0 Å². The highest BCUT2D eigenvalue weighted by Crippen LogP contribution is 2.22. The summed E-state index contributed by atoms with van der Waals surface area (Å²) in [6.07, 6.45) is 0.489. The van der Waals surface area contributed by atoms with Gasteiger partial charge in [0.2, 0.25) is 5.91 Å². The predicted octanol–water partition coefficient (Wildman–Crippen LogP) is 0.00250. The second-order valence-corrected chi connectivity index (χ2v) is 5.20. The van der Waals surface area contributed by atoms with E-state index in [0.717, 1.165) is 6.42 Å². The van der Waals surface area contributed by atoms with Gasteiger partial charge in [-0.3, -0.25) is 4.79 Å². The number of carboxylic acids is 1. The summed E-state index contributed by atoms with van der Waals surface area (Å²) in [6.45, 7) is 5.38. The Labute approximate surface area is 112 Å². The molecule has 1 fully saturated rings. The van der Waals surface area contributed by atoms with Gasteiger partial charge in [-0.1, -0.05) is 13.8 Å². The molecule has 0 radical (unpaired) electrons. The number of carboxylic acid groups (broad SMARTS) is 1. The lowest BCUT2D eigenvalue weighted by Gasteiger charge is -2.35. The number of piperidine rings is 1. The van der Waals surface area contributed by atoms with E-state index in [0.29, 0.717) is 24.9 Å². The van der Waals surface area contributed by atoms with Crippen LogP contribution in [-0.4, -0.2) is 47.0 Å². The SMILES string of the molecule is CC1CCN(C(=O)NC(CC(N)=O)C(=O)O)CC1C. The topological polar surface area (TPSA) is 113 Å². The van der Waals surface area contributed by atoms with Crippen molar-refractivity contribution < 1.29 is 19.5 Å². The Kier molecular flexibility index (Phi) is 5.14. The maximum absolute atomic E-state index is 11.9. The maximum atomic E-state index is 11.9. The number of amides is 3. The van der Waals surface area contributed by atoms with Gasteiger partial charge in [-0.15, -0.1) is 0 Å². The van der Waals surface area contributed by atoms with E-state index in [1.165, 1.54) is 0 Å². The highest BCUT2D eigenvalue weighted by atomic mass is 16.4. The number of carbonyl (C=O) groups excluding carboxylic acids is 2. The number of rotatable bonds is 4. The molecule has 19 heavy (non-hydrogen) atoms. The summed E-state index contributed by atoms with van der Waals surface area (Å²) >= 11 is 0. The smallest absolute Gasteiger partial charge is 0.326 e. The summed E-state index contributed by atoms with van der Waals surface area (Å²) in [7, 11) is 0. The molecule has 0 aromatic rings. The van der Waals surface area contributed by atoms with Gasteiger partial charge in [0, 0.05) is 13.1 Å². The van der Waals surface area contributed by atoms with Gasteiger partial charge in [0.25, 0.3) is 0 Å². The fourth-order valence-electron chi connectivity index (χ4n) is 2.09. The predicted molar refractivity (Wildman–Crippen MR) is 68.3 cm³/mol. The summed E-state index contributed by atoms with van der Waals surface area (Å²) in [5.74, 6) is -1.09. The van der Waals surface area contributed by atoms with Crippen LogP contribution in [0.15, 0.2) is 0 Å². The number of carbonyl (C=O) groups is 3. The van der Waals surface area contributed by atoms with Crippen LogP contribution in [0.25, 0.3) is 0 Å². The monoisotopic (exact) mass is 271 g/mol. The average molecular weight is 271 g/mol. The summed E-state index contributed by atoms with van der Waals surface area (Å²) in [5.41, 5.74) is 4.96. The van der Waals surface area contributed by atoms with Gasteiger partial charge in [-0.05, 0) is 18.3 Å². The first-order valence-electron chi connectivity index (χ1n) is 6.37. The molecule has 1 saturated heterocycles. The first-order valence-corrected chi connectivity index (χ1v) is 6.37. The summed E-state index contributed by atoms with van der Waals surface area (Å²) < 4.78 is 0. The Morgan fingerprint density at radius 2 is 2.00 bits per heavy atom. The lowest BCUT2D eigenvalue weighted by Crippen LogP contribution is -2.52. The van der Waals surface area contributed by atoms with Crippen molar-refractivity contribution in [3.63, 3.8) is 0 Å². The molecule has 0 bridgehead atoms. The molecule has 1 rings (SSSR count). The zero-order chi connectivity index (χ0) is 14.6. The van der Waals surface area contributed by atoms with Crippen molar-refractivity contribution in [2.45, 2.75) is 32.7 Å². The molecule has 0 saturated carbocycles. The Morgan fingerprint density at radius 1 is 1.37 bits per heavy atom. The van der Waals surface area contributed by atoms with Crippen LogP contribution in [0.5, 0.6) is 0 Å². The highest BCUT2D eigenvalue weighted by Gasteiger charge is 2.29. The molecule has 0 aliphatic carbocycles. The number of nitrogens with two attached hydrogens (primary N) is 1. The van der Waals surface area contributed by atoms with E-state index < -0.39 is 30.4 Å². The van der Waals surface area contributed by atoms with Gasteiger partial charge in [-0.2, -0.15) is 0 Å². The molecule has 1 aliphatic rings. The number of likely N-dealkylation sites (tertiary alicyclic amines) is 1. The van der Waals surface area contributed by atoms with Crippen LogP contribution < -0.4 is 11.1 Å². The van der Waals surface area contributed by atoms with Crippen molar-refractivity contribution in [3.05, 3.63) is 0 Å². The third-order valence-electron chi connectivity index (χ3n) is 3.62. The fourth-order valence-corrected chi connectivity index (χ4v) is 2.09. The molecule has 108 valence electrons. The van der Waals surface area contributed by atoms with Gasteiger partial charge in [0.15, 0.2) is 0 Å². The van der Waals surface area contributed by atoms with Crippen molar-refractivity contribution in [2.24, 2.45) is 17.6 Å². The van der Waals surface area contributed by atoms with Crippen molar-refractivity contribution in [2.75, 3.05) is 13.1 Å². The van der Waals surface area contributed by atoms with Crippen molar-refractivity contribution in [1.82, 2.24) is 10.2 Å². The molecule has 0 aromatic carbocycles. The van der Waals surface area contributed by atoms with Crippen LogP contribution in [0, 0.1) is 11.8 Å². The third-order valence-corrected chi connectivity index (χ3v) is 3.62. The van der Waals surface area contributed by atoms with Gasteiger partial charge < -0.3 is 21.1 Å². The molecule has 0 spiro atoms. The first kappa shape index (κ1) is 15.3. The third kappa shape index (κ3) is 4.42. The van der Waals surface area contributed by atoms with E-state index in [1.54, 1.807) is 4.90 Å². The molecule has 3 unspecified atom stereocenters.